The Morgan fingerprint density at radius 1 is 0.789 bits per heavy atom. The largest absolute Gasteiger partial charge is 0.508 e. The van der Waals surface area contributed by atoms with Gasteiger partial charge in [-0.15, -0.1) is 0 Å². The molecule has 38 heavy (non-hydrogen) atoms. The van der Waals surface area contributed by atoms with Crippen molar-refractivity contribution < 1.29 is 33.9 Å². The number of nitrogens with zero attached hydrogens (tertiary/aromatic N) is 1. The van der Waals surface area contributed by atoms with Crippen LogP contribution in [0.5, 0.6) is 5.75 Å². The number of carboxylic acid groups (broad SMARTS) is 1. The number of non-ortho nitro benzene ring substituents is 1. The summed E-state index contributed by atoms with van der Waals surface area (Å²) in [5.74, 6) is -3.27. The number of rotatable bonds is 6. The molecule has 0 unspecified atom stereocenters. The first kappa shape index (κ1) is 24.1. The van der Waals surface area contributed by atoms with Gasteiger partial charge in [-0.25, -0.2) is 4.79 Å². The second-order valence-electron chi connectivity index (χ2n) is 8.34. The molecule has 0 atom stereocenters. The monoisotopic (exact) mass is 509 g/mol. The Kier molecular flexibility index (Phi) is 5.76. The van der Waals surface area contributed by atoms with Gasteiger partial charge in [-0.3, -0.25) is 24.5 Å². The molecule has 1 heterocycles. The van der Waals surface area contributed by atoms with Crippen molar-refractivity contribution in [2.24, 2.45) is 0 Å². The number of nitro groups is 1. The summed E-state index contributed by atoms with van der Waals surface area (Å²) in [5.41, 5.74) is 0.0366. The number of hydrogen-bond acceptors (Lipinski definition) is 8. The quantitative estimate of drug-likeness (QED) is 0.106. The van der Waals surface area contributed by atoms with Crippen molar-refractivity contribution in [3.63, 3.8) is 0 Å². The van der Waals surface area contributed by atoms with E-state index in [0.29, 0.717) is 16.5 Å². The second kappa shape index (κ2) is 9.10. The highest BCUT2D eigenvalue weighted by molar-refractivity contribution is 6.49. The van der Waals surface area contributed by atoms with Gasteiger partial charge in [0.05, 0.1) is 10.5 Å². The third-order valence-corrected chi connectivity index (χ3v) is 6.00. The van der Waals surface area contributed by atoms with E-state index >= 15 is 0 Å². The first-order valence-corrected chi connectivity index (χ1v) is 11.0. The Morgan fingerprint density at radius 2 is 1.45 bits per heavy atom. The van der Waals surface area contributed by atoms with Gasteiger partial charge in [0, 0.05) is 51.9 Å². The third kappa shape index (κ3) is 4.16. The number of benzene rings is 4. The minimum Gasteiger partial charge on any atom is -0.508 e. The van der Waals surface area contributed by atoms with Crippen LogP contribution in [0.4, 0.5) is 5.69 Å². The molecule has 3 aromatic carbocycles. The molecule has 1 aliphatic carbocycles. The average molecular weight is 509 g/mol. The topological polar surface area (TPSA) is 165 Å². The van der Waals surface area contributed by atoms with Crippen LogP contribution in [-0.4, -0.2) is 32.7 Å². The number of ketones is 2. The zero-order chi connectivity index (χ0) is 27.1. The molecule has 5 rings (SSSR count). The smallest absolute Gasteiger partial charge is 0.336 e. The number of carbonyl (C=O) groups is 3. The minimum atomic E-state index is -1.38. The maximum atomic E-state index is 12.9. The molecule has 0 bridgehead atoms. The number of nitro benzene ring substituents is 1. The summed E-state index contributed by atoms with van der Waals surface area (Å²) in [5, 5.41) is 31.2. The van der Waals surface area contributed by atoms with Gasteiger partial charge in [-0.1, -0.05) is 12.1 Å². The lowest BCUT2D eigenvalue weighted by molar-refractivity contribution is -0.384. The van der Waals surface area contributed by atoms with E-state index in [4.69, 9.17) is 4.42 Å². The molecule has 0 saturated carbocycles. The van der Waals surface area contributed by atoms with Crippen LogP contribution >= 0.6 is 0 Å². The van der Waals surface area contributed by atoms with Crippen LogP contribution in [-0.2, 0) is 0 Å². The average Bonchev–Trinajstić information content (AvgIpc) is 2.90. The highest BCUT2D eigenvalue weighted by Gasteiger charge is 2.25. The summed E-state index contributed by atoms with van der Waals surface area (Å²) in [6, 6.07) is 16.5. The Labute approximate surface area is 212 Å². The number of carbonyl (C=O) groups excluding carboxylic acids is 2. The van der Waals surface area contributed by atoms with Crippen LogP contribution in [0.25, 0.3) is 33.4 Å². The number of phenolic OH excluding ortho intramolecular Hbond substituents is 1. The van der Waals surface area contributed by atoms with Gasteiger partial charge in [0.25, 0.3) is 5.69 Å². The third-order valence-electron chi connectivity index (χ3n) is 6.00. The number of phenols is 1. The zero-order valence-electron chi connectivity index (χ0n) is 19.2. The highest BCUT2D eigenvalue weighted by atomic mass is 16.6. The van der Waals surface area contributed by atoms with Gasteiger partial charge in [0.15, 0.2) is 5.43 Å². The van der Waals surface area contributed by atoms with E-state index in [9.17, 15) is 39.5 Å². The minimum absolute atomic E-state index is 0.0866. The Bertz CT molecular complexity index is 1830. The standard InChI is InChI=1S/C28H15NO9/c30-17-6-9-20-23(12-17)38-24-13-18(31)7-10-21(24)25(20)19-8-3-15(11-22(19)28(34)35)27(33)26(32)14-1-4-16(5-2-14)29(36)37/h1-13,30H,(H,34,35). The molecule has 186 valence electrons. The number of fused-ring (bicyclic) bond motifs is 2. The van der Waals surface area contributed by atoms with E-state index < -0.39 is 22.5 Å². The molecular formula is C28H15NO9. The summed E-state index contributed by atoms with van der Waals surface area (Å²) in [4.78, 5) is 60.2. The van der Waals surface area contributed by atoms with Crippen LogP contribution in [0.3, 0.4) is 0 Å². The van der Waals surface area contributed by atoms with Crippen molar-refractivity contribution in [1.29, 1.82) is 0 Å². The number of aromatic carboxylic acids is 1. The molecule has 0 spiro atoms. The van der Waals surface area contributed by atoms with Gasteiger partial charge in [-0.05, 0) is 48.0 Å². The van der Waals surface area contributed by atoms with Crippen molar-refractivity contribution in [2.45, 2.75) is 0 Å². The van der Waals surface area contributed by atoms with E-state index in [0.717, 1.165) is 30.3 Å². The molecule has 10 nitrogen and oxygen atoms in total. The van der Waals surface area contributed by atoms with E-state index in [1.54, 1.807) is 0 Å². The van der Waals surface area contributed by atoms with E-state index in [-0.39, 0.29) is 50.5 Å². The summed E-state index contributed by atoms with van der Waals surface area (Å²) < 4.78 is 5.79. The lowest BCUT2D eigenvalue weighted by atomic mass is 9.89. The highest BCUT2D eigenvalue weighted by Crippen LogP contribution is 2.42. The van der Waals surface area contributed by atoms with Crippen molar-refractivity contribution in [3.8, 4) is 28.2 Å². The van der Waals surface area contributed by atoms with Crippen molar-refractivity contribution >= 4 is 34.2 Å². The normalized spacial score (nSPS) is 10.9. The van der Waals surface area contributed by atoms with Gasteiger partial charge >= 0.3 is 5.97 Å². The van der Waals surface area contributed by atoms with Gasteiger partial charge < -0.3 is 14.6 Å². The number of aromatic hydroxyl groups is 1. The van der Waals surface area contributed by atoms with Crippen molar-refractivity contribution in [1.82, 2.24) is 0 Å². The first-order chi connectivity index (χ1) is 18.1. The predicted molar refractivity (Wildman–Crippen MR) is 135 cm³/mol. The molecule has 2 aliphatic rings. The molecule has 0 radical (unpaired) electrons. The summed E-state index contributed by atoms with van der Waals surface area (Å²) in [6.45, 7) is 0. The van der Waals surface area contributed by atoms with E-state index in [2.05, 4.69) is 0 Å². The van der Waals surface area contributed by atoms with Crippen LogP contribution in [0.1, 0.15) is 31.1 Å². The Balaban J connectivity index is 1.66. The number of hydrogen-bond donors (Lipinski definition) is 2. The lowest BCUT2D eigenvalue weighted by Crippen LogP contribution is -2.15. The summed E-state index contributed by atoms with van der Waals surface area (Å²) in [7, 11) is 0. The fourth-order valence-electron chi connectivity index (χ4n) is 4.23. The molecule has 10 heteroatoms. The summed E-state index contributed by atoms with van der Waals surface area (Å²) in [6.07, 6.45) is 0. The van der Waals surface area contributed by atoms with Crippen LogP contribution in [0.2, 0.25) is 0 Å². The van der Waals surface area contributed by atoms with Gasteiger partial charge in [0.1, 0.15) is 17.1 Å². The van der Waals surface area contributed by atoms with Crippen LogP contribution in [0, 0.1) is 10.1 Å². The molecule has 1 aliphatic heterocycles. The second-order valence-corrected chi connectivity index (χ2v) is 8.34. The number of Topliss-reactive ketones (excluding diaryl/α,β-unsaturated/α-hetero) is 2. The fourth-order valence-corrected chi connectivity index (χ4v) is 4.23. The van der Waals surface area contributed by atoms with Crippen molar-refractivity contribution in [3.05, 3.63) is 116 Å². The first-order valence-electron chi connectivity index (χ1n) is 11.0. The SMILES string of the molecule is O=C(C(=O)c1ccc(-c2c3ccc(=O)cc-3oc3cc(O)ccc23)c(C(=O)O)c1)c1ccc([N+](=O)[O-])cc1. The van der Waals surface area contributed by atoms with Crippen LogP contribution < -0.4 is 5.43 Å². The van der Waals surface area contributed by atoms with Gasteiger partial charge in [-0.2, -0.15) is 0 Å². The maximum absolute atomic E-state index is 12.9. The molecule has 0 saturated heterocycles. The molecule has 0 amide bonds. The molecule has 2 N–H and O–H groups in total. The molecule has 0 fully saturated rings. The predicted octanol–water partition coefficient (Wildman–Crippen LogP) is 4.94. The maximum Gasteiger partial charge on any atom is 0.336 e. The molecule has 3 aromatic rings. The van der Waals surface area contributed by atoms with Gasteiger partial charge in [0.2, 0.25) is 11.6 Å². The molecular weight excluding hydrogens is 494 g/mol. The molecule has 0 aromatic heterocycles. The summed E-state index contributed by atoms with van der Waals surface area (Å²) >= 11 is 0. The van der Waals surface area contributed by atoms with Crippen molar-refractivity contribution in [2.75, 3.05) is 0 Å². The zero-order valence-corrected chi connectivity index (χ0v) is 19.2. The van der Waals surface area contributed by atoms with E-state index in [1.807, 2.05) is 0 Å². The fraction of sp³-hybridized carbons (Fsp3) is 0. The van der Waals surface area contributed by atoms with E-state index in [1.165, 1.54) is 48.5 Å². The Morgan fingerprint density at radius 3 is 2.13 bits per heavy atom. The Hall–Kier alpha value is -5.64. The van der Waals surface area contributed by atoms with Crippen LogP contribution in [0.15, 0.2) is 88.1 Å². The lowest BCUT2D eigenvalue weighted by Gasteiger charge is -2.17. The number of carboxylic acids is 1.